The number of carbonyl (C=O) groups is 1. The third kappa shape index (κ3) is 4.72. The van der Waals surface area contributed by atoms with Crippen molar-refractivity contribution in [3.63, 3.8) is 0 Å². The summed E-state index contributed by atoms with van der Waals surface area (Å²) < 4.78 is 49.1. The molecule has 2 heterocycles. The number of nitrogens with zero attached hydrogens (tertiary/aromatic N) is 1. The van der Waals surface area contributed by atoms with Crippen molar-refractivity contribution in [1.29, 1.82) is 0 Å². The van der Waals surface area contributed by atoms with Gasteiger partial charge in [-0.25, -0.2) is 4.79 Å². The van der Waals surface area contributed by atoms with Gasteiger partial charge in [0.25, 0.3) is 0 Å². The molecule has 0 spiro atoms. The van der Waals surface area contributed by atoms with E-state index in [1.54, 1.807) is 4.90 Å². The van der Waals surface area contributed by atoms with Crippen LogP contribution >= 0.6 is 0 Å². The van der Waals surface area contributed by atoms with Crippen molar-refractivity contribution in [1.82, 2.24) is 4.90 Å². The average molecular weight is 421 g/mol. The molecule has 6 nitrogen and oxygen atoms in total. The fourth-order valence-corrected chi connectivity index (χ4v) is 3.59. The predicted octanol–water partition coefficient (Wildman–Crippen LogP) is 4.59. The Labute approximate surface area is 172 Å². The third-order valence-corrected chi connectivity index (χ3v) is 5.09. The SMILES string of the molecule is O=C(Nc1ccc(C(F)(F)F)cc1)N1CCC[C@H](Nc2ccc3c(c2)OCCO3)C1. The Hall–Kier alpha value is -3.10. The van der Waals surface area contributed by atoms with E-state index in [4.69, 9.17) is 9.47 Å². The second-order valence-corrected chi connectivity index (χ2v) is 7.29. The highest BCUT2D eigenvalue weighted by Gasteiger charge is 2.30. The van der Waals surface area contributed by atoms with Gasteiger partial charge < -0.3 is 25.0 Å². The van der Waals surface area contributed by atoms with Crippen LogP contribution in [0.1, 0.15) is 18.4 Å². The number of urea groups is 1. The van der Waals surface area contributed by atoms with Crippen LogP contribution in [-0.2, 0) is 6.18 Å². The normalized spacial score (nSPS) is 18.6. The van der Waals surface area contributed by atoms with E-state index in [1.807, 2.05) is 18.2 Å². The molecule has 0 unspecified atom stereocenters. The third-order valence-electron chi connectivity index (χ3n) is 5.09. The molecule has 2 aliphatic rings. The highest BCUT2D eigenvalue weighted by molar-refractivity contribution is 5.89. The highest BCUT2D eigenvalue weighted by atomic mass is 19.4. The Morgan fingerprint density at radius 2 is 1.70 bits per heavy atom. The van der Waals surface area contributed by atoms with E-state index in [9.17, 15) is 18.0 Å². The first-order valence-corrected chi connectivity index (χ1v) is 9.78. The minimum absolute atomic E-state index is 0.0552. The molecule has 160 valence electrons. The van der Waals surface area contributed by atoms with Crippen molar-refractivity contribution in [2.24, 2.45) is 0 Å². The average Bonchev–Trinajstić information content (AvgIpc) is 2.73. The topological polar surface area (TPSA) is 62.8 Å². The van der Waals surface area contributed by atoms with Gasteiger partial charge in [0.05, 0.1) is 5.56 Å². The number of amides is 2. The van der Waals surface area contributed by atoms with E-state index in [-0.39, 0.29) is 12.1 Å². The van der Waals surface area contributed by atoms with Crippen LogP contribution in [0, 0.1) is 0 Å². The number of piperidine rings is 1. The van der Waals surface area contributed by atoms with Crippen LogP contribution in [0.5, 0.6) is 11.5 Å². The van der Waals surface area contributed by atoms with Gasteiger partial charge in [0.1, 0.15) is 13.2 Å². The highest BCUT2D eigenvalue weighted by Crippen LogP contribution is 2.33. The van der Waals surface area contributed by atoms with E-state index < -0.39 is 11.7 Å². The summed E-state index contributed by atoms with van der Waals surface area (Å²) in [6.45, 7) is 2.12. The number of benzene rings is 2. The van der Waals surface area contributed by atoms with Crippen LogP contribution < -0.4 is 20.1 Å². The number of ether oxygens (including phenoxy) is 2. The molecule has 0 bridgehead atoms. The molecule has 2 N–H and O–H groups in total. The molecule has 2 aromatic rings. The maximum atomic E-state index is 12.7. The lowest BCUT2D eigenvalue weighted by molar-refractivity contribution is -0.137. The van der Waals surface area contributed by atoms with E-state index in [0.717, 1.165) is 30.7 Å². The first kappa shape index (κ1) is 20.2. The van der Waals surface area contributed by atoms with Gasteiger partial charge in [-0.05, 0) is 49.2 Å². The van der Waals surface area contributed by atoms with Crippen LogP contribution in [0.4, 0.5) is 29.3 Å². The van der Waals surface area contributed by atoms with Crippen molar-refractivity contribution in [3.05, 3.63) is 48.0 Å². The van der Waals surface area contributed by atoms with E-state index >= 15 is 0 Å². The zero-order valence-corrected chi connectivity index (χ0v) is 16.2. The standard InChI is InChI=1S/C21H22F3N3O3/c22-21(23,24)14-3-5-15(6-4-14)26-20(28)27-9-1-2-17(13-27)25-16-7-8-18-19(12-16)30-11-10-29-18/h3-8,12,17,25H,1-2,9-11,13H2,(H,26,28)/t17-/m0/s1. The number of nitrogens with one attached hydrogen (secondary N) is 2. The molecule has 4 rings (SSSR count). The molecule has 0 radical (unpaired) electrons. The molecule has 0 aromatic heterocycles. The Morgan fingerprint density at radius 3 is 2.43 bits per heavy atom. The summed E-state index contributed by atoms with van der Waals surface area (Å²) in [6, 6.07) is 9.81. The Kier molecular flexibility index (Phi) is 5.61. The number of hydrogen-bond acceptors (Lipinski definition) is 4. The van der Waals surface area contributed by atoms with Crippen molar-refractivity contribution in [2.75, 3.05) is 36.9 Å². The summed E-state index contributed by atoms with van der Waals surface area (Å²) in [7, 11) is 0. The number of likely N-dealkylation sites (tertiary alicyclic amines) is 1. The summed E-state index contributed by atoms with van der Waals surface area (Å²) in [4.78, 5) is 14.2. The number of carbonyl (C=O) groups excluding carboxylic acids is 1. The summed E-state index contributed by atoms with van der Waals surface area (Å²) in [5.74, 6) is 1.41. The van der Waals surface area contributed by atoms with Gasteiger partial charge in [-0.2, -0.15) is 13.2 Å². The first-order valence-electron chi connectivity index (χ1n) is 9.78. The van der Waals surface area contributed by atoms with Crippen LogP contribution in [0.2, 0.25) is 0 Å². The number of rotatable bonds is 3. The van der Waals surface area contributed by atoms with Crippen molar-refractivity contribution >= 4 is 17.4 Å². The molecule has 2 aliphatic heterocycles. The number of fused-ring (bicyclic) bond motifs is 1. The Bertz CT molecular complexity index is 903. The Balaban J connectivity index is 1.35. The monoisotopic (exact) mass is 421 g/mol. The minimum atomic E-state index is -4.40. The van der Waals surface area contributed by atoms with Crippen molar-refractivity contribution < 1.29 is 27.4 Å². The first-order chi connectivity index (χ1) is 14.4. The van der Waals surface area contributed by atoms with Gasteiger partial charge >= 0.3 is 12.2 Å². The van der Waals surface area contributed by atoms with Crippen molar-refractivity contribution in [3.8, 4) is 11.5 Å². The fraction of sp³-hybridized carbons (Fsp3) is 0.381. The van der Waals surface area contributed by atoms with Gasteiger partial charge in [0.15, 0.2) is 11.5 Å². The van der Waals surface area contributed by atoms with Crippen LogP contribution in [-0.4, -0.2) is 43.3 Å². The molecule has 1 atom stereocenters. The number of hydrogen-bond donors (Lipinski definition) is 2. The van der Waals surface area contributed by atoms with E-state index in [0.29, 0.717) is 43.5 Å². The molecule has 2 amide bonds. The zero-order chi connectivity index (χ0) is 21.1. The minimum Gasteiger partial charge on any atom is -0.486 e. The van der Waals surface area contributed by atoms with Gasteiger partial charge in [-0.3, -0.25) is 0 Å². The van der Waals surface area contributed by atoms with Gasteiger partial charge in [-0.15, -0.1) is 0 Å². The molecular weight excluding hydrogens is 399 g/mol. The molecule has 2 aromatic carbocycles. The van der Waals surface area contributed by atoms with Gasteiger partial charge in [0, 0.05) is 36.6 Å². The van der Waals surface area contributed by atoms with Crippen LogP contribution in [0.3, 0.4) is 0 Å². The molecule has 1 fully saturated rings. The smallest absolute Gasteiger partial charge is 0.416 e. The quantitative estimate of drug-likeness (QED) is 0.761. The molecule has 9 heteroatoms. The van der Waals surface area contributed by atoms with Crippen LogP contribution in [0.25, 0.3) is 0 Å². The second-order valence-electron chi connectivity index (χ2n) is 7.29. The van der Waals surface area contributed by atoms with Gasteiger partial charge in [0.2, 0.25) is 0 Å². The lowest BCUT2D eigenvalue weighted by Gasteiger charge is -2.34. The number of alkyl halides is 3. The second kappa shape index (κ2) is 8.33. The summed E-state index contributed by atoms with van der Waals surface area (Å²) in [5.41, 5.74) is 0.464. The fourth-order valence-electron chi connectivity index (χ4n) is 3.59. The van der Waals surface area contributed by atoms with Crippen LogP contribution in [0.15, 0.2) is 42.5 Å². The summed E-state index contributed by atoms with van der Waals surface area (Å²) in [6.07, 6.45) is -2.68. The summed E-state index contributed by atoms with van der Waals surface area (Å²) >= 11 is 0. The Morgan fingerprint density at radius 1 is 1.00 bits per heavy atom. The van der Waals surface area contributed by atoms with E-state index in [2.05, 4.69) is 10.6 Å². The number of halogens is 3. The maximum absolute atomic E-state index is 12.7. The lowest BCUT2D eigenvalue weighted by atomic mass is 10.1. The molecule has 1 saturated heterocycles. The number of anilines is 2. The largest absolute Gasteiger partial charge is 0.486 e. The predicted molar refractivity (Wildman–Crippen MR) is 106 cm³/mol. The summed E-state index contributed by atoms with van der Waals surface area (Å²) in [5, 5.41) is 6.09. The lowest BCUT2D eigenvalue weighted by Crippen LogP contribution is -2.46. The van der Waals surface area contributed by atoms with E-state index in [1.165, 1.54) is 12.1 Å². The molecule has 30 heavy (non-hydrogen) atoms. The molecule has 0 saturated carbocycles. The molecular formula is C21H22F3N3O3. The zero-order valence-electron chi connectivity index (χ0n) is 16.2. The molecule has 0 aliphatic carbocycles. The maximum Gasteiger partial charge on any atom is 0.416 e. The van der Waals surface area contributed by atoms with Gasteiger partial charge in [-0.1, -0.05) is 0 Å². The van der Waals surface area contributed by atoms with Crippen molar-refractivity contribution in [2.45, 2.75) is 25.1 Å².